The van der Waals surface area contributed by atoms with Crippen LogP contribution in [0.5, 0.6) is 11.5 Å². The van der Waals surface area contributed by atoms with Crippen LogP contribution in [0.4, 0.5) is 0 Å². The van der Waals surface area contributed by atoms with Crippen LogP contribution in [-0.4, -0.2) is 19.3 Å². The maximum Gasteiger partial charge on any atom is 0.137 e. The third-order valence-electron chi connectivity index (χ3n) is 10.7. The molecule has 7 rings (SSSR count). The van der Waals surface area contributed by atoms with Crippen molar-refractivity contribution < 1.29 is 4.74 Å². The van der Waals surface area contributed by atoms with Gasteiger partial charge >= 0.3 is 0 Å². The molecule has 0 amide bonds. The number of rotatable bonds is 7. The first-order valence-corrected chi connectivity index (χ1v) is 18.4. The van der Waals surface area contributed by atoms with Gasteiger partial charge in [0.15, 0.2) is 0 Å². The first-order chi connectivity index (χ1) is 23.8. The van der Waals surface area contributed by atoms with E-state index in [2.05, 4.69) is 157 Å². The second-order valence-corrected chi connectivity index (χ2v) is 16.1. The third-order valence-corrected chi connectivity index (χ3v) is 10.7. The fourth-order valence-electron chi connectivity index (χ4n) is 8.05. The Balaban J connectivity index is 1.35. The summed E-state index contributed by atoms with van der Waals surface area (Å²) in [5, 5.41) is 7.63. The van der Waals surface area contributed by atoms with Gasteiger partial charge in [0.1, 0.15) is 17.3 Å². The van der Waals surface area contributed by atoms with Gasteiger partial charge in [0, 0.05) is 40.6 Å². The number of aryl methyl sites for hydroxylation is 1. The van der Waals surface area contributed by atoms with Gasteiger partial charge in [-0.25, -0.2) is 9.67 Å². The zero-order chi connectivity index (χ0) is 35.5. The summed E-state index contributed by atoms with van der Waals surface area (Å²) in [7, 11) is 0. The molecule has 0 aliphatic heterocycles. The Hall–Kier alpha value is -4.64. The second-order valence-electron chi connectivity index (χ2n) is 16.1. The topological polar surface area (TPSA) is 44.9 Å². The summed E-state index contributed by atoms with van der Waals surface area (Å²) in [5.41, 5.74) is 11.0. The Labute approximate surface area is 298 Å². The number of aromatic nitrogens is 4. The monoisotopic (exact) mass is 664 g/mol. The molecular formula is C45H52N4O. The van der Waals surface area contributed by atoms with Gasteiger partial charge in [0.25, 0.3) is 0 Å². The van der Waals surface area contributed by atoms with Crippen LogP contribution in [0, 0.1) is 12.8 Å². The minimum Gasteiger partial charge on any atom is -0.457 e. The van der Waals surface area contributed by atoms with Gasteiger partial charge < -0.3 is 4.74 Å². The molecule has 0 bridgehead atoms. The van der Waals surface area contributed by atoms with Crippen molar-refractivity contribution in [2.75, 3.05) is 0 Å². The molecule has 3 aromatic heterocycles. The molecule has 50 heavy (non-hydrogen) atoms. The molecule has 1 aliphatic carbocycles. The lowest BCUT2D eigenvalue weighted by molar-refractivity contribution is 0.445. The van der Waals surface area contributed by atoms with Gasteiger partial charge in [-0.2, -0.15) is 5.10 Å². The zero-order valence-electron chi connectivity index (χ0n) is 31.5. The predicted molar refractivity (Wildman–Crippen MR) is 209 cm³/mol. The normalized spacial score (nSPS) is 16.9. The van der Waals surface area contributed by atoms with Crippen molar-refractivity contribution >= 4 is 21.8 Å². The number of pyridine rings is 1. The molecule has 0 fully saturated rings. The predicted octanol–water partition coefficient (Wildman–Crippen LogP) is 12.5. The van der Waals surface area contributed by atoms with E-state index >= 15 is 0 Å². The number of hydrogen-bond acceptors (Lipinski definition) is 3. The van der Waals surface area contributed by atoms with Crippen LogP contribution in [0.15, 0.2) is 90.6 Å². The van der Waals surface area contributed by atoms with Crippen molar-refractivity contribution in [3.8, 4) is 23.0 Å². The number of para-hydroxylation sites is 1. The van der Waals surface area contributed by atoms with Crippen LogP contribution in [-0.2, 0) is 5.41 Å². The highest BCUT2D eigenvalue weighted by atomic mass is 16.5. The van der Waals surface area contributed by atoms with Crippen molar-refractivity contribution in [2.24, 2.45) is 5.92 Å². The summed E-state index contributed by atoms with van der Waals surface area (Å²) in [6, 6.07) is 26.0. The molecule has 258 valence electrons. The van der Waals surface area contributed by atoms with E-state index in [1.807, 2.05) is 6.20 Å². The van der Waals surface area contributed by atoms with E-state index in [0.717, 1.165) is 46.2 Å². The number of ether oxygens (including phenoxy) is 1. The van der Waals surface area contributed by atoms with E-state index in [0.29, 0.717) is 23.7 Å². The molecule has 0 saturated carbocycles. The van der Waals surface area contributed by atoms with E-state index in [1.54, 1.807) is 0 Å². The number of allylic oxidation sites excluding steroid dienone is 2. The maximum atomic E-state index is 6.81. The van der Waals surface area contributed by atoms with Crippen LogP contribution in [0.25, 0.3) is 33.3 Å². The first kappa shape index (κ1) is 33.8. The summed E-state index contributed by atoms with van der Waals surface area (Å²) in [5.74, 6) is 4.14. The fourth-order valence-corrected chi connectivity index (χ4v) is 8.05. The standard InChI is InChI=1S/C45H52N4O/c1-27(2)32-22-34(49-44(28(3)4)43(31(7)47-49)42-29(5)14-13-15-30(42)6)25-36(23-32)50-35-18-19-38-37-16-11-12-17-39(37)48(40(38)26-35)41-24-33(20-21-46-41)45(8,9)10/h11-12,14,16-28,30,42H,13,15H2,1-10H3/t30-,42?/m0/s1. The van der Waals surface area contributed by atoms with Crippen molar-refractivity contribution in [3.05, 3.63) is 119 Å². The third kappa shape index (κ3) is 6.05. The molecule has 6 aromatic rings. The molecule has 3 aromatic carbocycles. The molecule has 1 unspecified atom stereocenters. The van der Waals surface area contributed by atoms with Crippen LogP contribution >= 0.6 is 0 Å². The van der Waals surface area contributed by atoms with Crippen LogP contribution in [0.3, 0.4) is 0 Å². The van der Waals surface area contributed by atoms with Crippen LogP contribution < -0.4 is 4.74 Å². The van der Waals surface area contributed by atoms with Gasteiger partial charge in [0.05, 0.1) is 28.1 Å². The van der Waals surface area contributed by atoms with Gasteiger partial charge in [-0.15, -0.1) is 0 Å². The summed E-state index contributed by atoms with van der Waals surface area (Å²) in [4.78, 5) is 4.87. The Morgan fingerprint density at radius 2 is 1.58 bits per heavy atom. The summed E-state index contributed by atoms with van der Waals surface area (Å²) >= 11 is 0. The van der Waals surface area contributed by atoms with E-state index in [9.17, 15) is 0 Å². The zero-order valence-corrected chi connectivity index (χ0v) is 31.5. The van der Waals surface area contributed by atoms with Gasteiger partial charge in [-0.1, -0.05) is 85.2 Å². The molecule has 0 N–H and O–H groups in total. The summed E-state index contributed by atoms with van der Waals surface area (Å²) in [6.07, 6.45) is 6.74. The second kappa shape index (κ2) is 12.9. The maximum absolute atomic E-state index is 6.81. The molecule has 1 aliphatic rings. The smallest absolute Gasteiger partial charge is 0.137 e. The Kier molecular flexibility index (Phi) is 8.74. The molecule has 0 saturated heterocycles. The molecule has 0 spiro atoms. The van der Waals surface area contributed by atoms with Crippen molar-refractivity contribution in [2.45, 2.75) is 105 Å². The Bertz CT molecular complexity index is 2240. The van der Waals surface area contributed by atoms with Gasteiger partial charge in [0.2, 0.25) is 0 Å². The average Bonchev–Trinajstić information content (AvgIpc) is 3.59. The number of nitrogens with zero attached hydrogens (tertiary/aromatic N) is 4. The van der Waals surface area contributed by atoms with Crippen molar-refractivity contribution in [1.82, 2.24) is 19.3 Å². The van der Waals surface area contributed by atoms with Gasteiger partial charge in [-0.05, 0) is 103 Å². The SMILES string of the molecule is CC1=CCC[C@H](C)C1c1c(C)nn(-c2cc(Oc3ccc4c5ccccc5n(-c5cc(C(C)(C)C)ccn5)c4c3)cc(C(C)C)c2)c1C(C)C. The highest BCUT2D eigenvalue weighted by molar-refractivity contribution is 6.09. The minimum atomic E-state index is 0.0113. The Morgan fingerprint density at radius 3 is 2.30 bits per heavy atom. The number of fused-ring (bicyclic) bond motifs is 3. The van der Waals surface area contributed by atoms with Crippen LogP contribution in [0.2, 0.25) is 0 Å². The highest BCUT2D eigenvalue weighted by Gasteiger charge is 2.32. The number of hydrogen-bond donors (Lipinski definition) is 0. The fraction of sp³-hybridized carbons (Fsp3) is 0.378. The van der Waals surface area contributed by atoms with E-state index in [-0.39, 0.29) is 5.41 Å². The lowest BCUT2D eigenvalue weighted by Gasteiger charge is -2.30. The molecule has 3 heterocycles. The van der Waals surface area contributed by atoms with Crippen molar-refractivity contribution in [3.63, 3.8) is 0 Å². The lowest BCUT2D eigenvalue weighted by Crippen LogP contribution is -2.18. The Morgan fingerprint density at radius 1 is 0.820 bits per heavy atom. The quantitative estimate of drug-likeness (QED) is 0.160. The van der Waals surface area contributed by atoms with Crippen molar-refractivity contribution in [1.29, 1.82) is 0 Å². The van der Waals surface area contributed by atoms with E-state index in [1.165, 1.54) is 45.2 Å². The molecule has 5 heteroatoms. The summed E-state index contributed by atoms with van der Waals surface area (Å²) < 4.78 is 11.3. The van der Waals surface area contributed by atoms with E-state index in [4.69, 9.17) is 14.8 Å². The van der Waals surface area contributed by atoms with Gasteiger partial charge in [-0.3, -0.25) is 4.57 Å². The minimum absolute atomic E-state index is 0.0113. The average molecular weight is 665 g/mol. The van der Waals surface area contributed by atoms with Crippen LogP contribution in [0.1, 0.15) is 121 Å². The van der Waals surface area contributed by atoms with E-state index < -0.39 is 0 Å². The molecule has 0 radical (unpaired) electrons. The lowest BCUT2D eigenvalue weighted by atomic mass is 9.74. The first-order valence-electron chi connectivity index (χ1n) is 18.4. The molecule has 5 nitrogen and oxygen atoms in total. The molecule has 2 atom stereocenters. The molecular weight excluding hydrogens is 613 g/mol. The number of benzene rings is 3. The summed E-state index contributed by atoms with van der Waals surface area (Å²) in [6.45, 7) is 22.7. The largest absolute Gasteiger partial charge is 0.457 e. The highest BCUT2D eigenvalue weighted by Crippen LogP contribution is 2.44.